The summed E-state index contributed by atoms with van der Waals surface area (Å²) in [5, 5.41) is 0. The maximum Gasteiger partial charge on any atom is 0.214 e. The van der Waals surface area contributed by atoms with E-state index in [1.54, 1.807) is 11.4 Å². The van der Waals surface area contributed by atoms with Crippen LogP contribution in [0.4, 0.5) is 0 Å². The van der Waals surface area contributed by atoms with Gasteiger partial charge in [0, 0.05) is 13.1 Å². The van der Waals surface area contributed by atoms with Gasteiger partial charge >= 0.3 is 0 Å². The van der Waals surface area contributed by atoms with E-state index in [9.17, 15) is 8.42 Å². The summed E-state index contributed by atoms with van der Waals surface area (Å²) in [6, 6.07) is 0.235. The Balaban J connectivity index is 2.66. The Kier molecular flexibility index (Phi) is 3.35. The van der Waals surface area contributed by atoms with Gasteiger partial charge in [-0.1, -0.05) is 13.8 Å². The van der Waals surface area contributed by atoms with E-state index in [2.05, 4.69) is 13.8 Å². The van der Waals surface area contributed by atoms with Crippen molar-refractivity contribution in [1.82, 2.24) is 4.31 Å². The molecule has 0 bridgehead atoms. The first-order valence-corrected chi connectivity index (χ1v) is 6.50. The highest BCUT2D eigenvalue weighted by molar-refractivity contribution is 7.89. The van der Waals surface area contributed by atoms with E-state index < -0.39 is 10.0 Å². The summed E-state index contributed by atoms with van der Waals surface area (Å²) < 4.78 is 24.6. The largest absolute Gasteiger partial charge is 0.214 e. The lowest BCUT2D eigenvalue weighted by Crippen LogP contribution is -2.43. The summed E-state index contributed by atoms with van der Waals surface area (Å²) in [6.45, 7) is 4.27. The van der Waals surface area contributed by atoms with Crippen molar-refractivity contribution >= 4 is 10.0 Å². The zero-order valence-corrected chi connectivity index (χ0v) is 9.47. The van der Waals surface area contributed by atoms with Crippen LogP contribution in [0.1, 0.15) is 33.1 Å². The zero-order chi connectivity index (χ0) is 10.1. The lowest BCUT2D eigenvalue weighted by Gasteiger charge is -2.32. The van der Waals surface area contributed by atoms with E-state index in [0.29, 0.717) is 11.7 Å². The molecule has 1 rings (SSSR count). The molecule has 3 nitrogen and oxygen atoms in total. The Labute approximate surface area is 81.2 Å². The highest BCUT2D eigenvalue weighted by atomic mass is 32.2. The summed E-state index contributed by atoms with van der Waals surface area (Å²) in [7, 11) is -1.21. The highest BCUT2D eigenvalue weighted by Crippen LogP contribution is 2.23. The first-order valence-electron chi connectivity index (χ1n) is 4.89. The van der Waals surface area contributed by atoms with Crippen LogP contribution in [0.3, 0.4) is 0 Å². The predicted octanol–water partition coefficient (Wildman–Crippen LogP) is 1.46. The van der Waals surface area contributed by atoms with Crippen LogP contribution < -0.4 is 0 Å². The van der Waals surface area contributed by atoms with E-state index in [1.165, 1.54) is 0 Å². The van der Waals surface area contributed by atoms with Gasteiger partial charge in [0.25, 0.3) is 0 Å². The third kappa shape index (κ3) is 2.68. The number of hydrogen-bond acceptors (Lipinski definition) is 2. The smallest absolute Gasteiger partial charge is 0.212 e. The molecule has 1 aliphatic heterocycles. The maximum atomic E-state index is 11.5. The average molecular weight is 205 g/mol. The van der Waals surface area contributed by atoms with Crippen molar-refractivity contribution in [3.8, 4) is 0 Å². The summed E-state index contributed by atoms with van der Waals surface area (Å²) in [6.07, 6.45) is 2.83. The molecule has 0 aromatic heterocycles. The fourth-order valence-corrected chi connectivity index (χ4v) is 3.33. The second kappa shape index (κ2) is 3.96. The molecule has 1 fully saturated rings. The van der Waals surface area contributed by atoms with Gasteiger partial charge in [0.1, 0.15) is 0 Å². The Morgan fingerprint density at radius 1 is 1.46 bits per heavy atom. The van der Waals surface area contributed by atoms with Crippen molar-refractivity contribution in [3.63, 3.8) is 0 Å². The highest BCUT2D eigenvalue weighted by Gasteiger charge is 2.30. The SMILES string of the molecule is CC(C)CC1CCCS(=O)(=O)N1C. The van der Waals surface area contributed by atoms with Crippen molar-refractivity contribution < 1.29 is 8.42 Å². The minimum atomic E-state index is -2.92. The lowest BCUT2D eigenvalue weighted by molar-refractivity contribution is 0.285. The normalized spacial score (nSPS) is 29.4. The first-order chi connectivity index (χ1) is 5.93. The molecule has 1 unspecified atom stereocenters. The maximum absolute atomic E-state index is 11.5. The average Bonchev–Trinajstić information content (AvgIpc) is 1.98. The monoisotopic (exact) mass is 205 g/mol. The molecule has 0 radical (unpaired) electrons. The third-order valence-corrected chi connectivity index (χ3v) is 4.62. The third-order valence-electron chi connectivity index (χ3n) is 2.64. The van der Waals surface area contributed by atoms with Gasteiger partial charge in [-0.25, -0.2) is 12.7 Å². The summed E-state index contributed by atoms with van der Waals surface area (Å²) in [5.41, 5.74) is 0. The van der Waals surface area contributed by atoms with Gasteiger partial charge in [0.15, 0.2) is 0 Å². The van der Waals surface area contributed by atoms with Gasteiger partial charge in [0.05, 0.1) is 5.75 Å². The van der Waals surface area contributed by atoms with Crippen LogP contribution in [0.2, 0.25) is 0 Å². The molecule has 0 saturated carbocycles. The molecule has 1 saturated heterocycles. The molecule has 78 valence electrons. The fourth-order valence-electron chi connectivity index (χ4n) is 1.86. The molecule has 0 N–H and O–H groups in total. The van der Waals surface area contributed by atoms with Crippen molar-refractivity contribution in [2.75, 3.05) is 12.8 Å². The zero-order valence-electron chi connectivity index (χ0n) is 8.66. The number of sulfonamides is 1. The minimum absolute atomic E-state index is 0.235. The summed E-state index contributed by atoms with van der Waals surface area (Å²) >= 11 is 0. The number of nitrogens with zero attached hydrogens (tertiary/aromatic N) is 1. The van der Waals surface area contributed by atoms with Gasteiger partial charge in [-0.3, -0.25) is 0 Å². The molecule has 13 heavy (non-hydrogen) atoms. The molecule has 0 aromatic rings. The van der Waals surface area contributed by atoms with Crippen molar-refractivity contribution in [1.29, 1.82) is 0 Å². The predicted molar refractivity (Wildman–Crippen MR) is 54.0 cm³/mol. The van der Waals surface area contributed by atoms with Gasteiger partial charge in [-0.15, -0.1) is 0 Å². The topological polar surface area (TPSA) is 37.4 Å². The van der Waals surface area contributed by atoms with Crippen LogP contribution in [0, 0.1) is 5.92 Å². The minimum Gasteiger partial charge on any atom is -0.212 e. The van der Waals surface area contributed by atoms with Crippen molar-refractivity contribution in [2.24, 2.45) is 5.92 Å². The van der Waals surface area contributed by atoms with Crippen LogP contribution in [-0.4, -0.2) is 31.6 Å². The Bertz CT molecular complexity index is 259. The van der Waals surface area contributed by atoms with E-state index >= 15 is 0 Å². The summed E-state index contributed by atoms with van der Waals surface area (Å²) in [4.78, 5) is 0. The molecular weight excluding hydrogens is 186 g/mol. The van der Waals surface area contributed by atoms with Crippen molar-refractivity contribution in [2.45, 2.75) is 39.2 Å². The van der Waals surface area contributed by atoms with E-state index in [4.69, 9.17) is 0 Å². The van der Waals surface area contributed by atoms with Crippen LogP contribution >= 0.6 is 0 Å². The van der Waals surface area contributed by atoms with Gasteiger partial charge in [0.2, 0.25) is 10.0 Å². The quantitative estimate of drug-likeness (QED) is 0.684. The molecule has 0 amide bonds. The Hall–Kier alpha value is -0.0900. The molecule has 4 heteroatoms. The lowest BCUT2D eigenvalue weighted by atomic mass is 10.0. The number of rotatable bonds is 2. The van der Waals surface area contributed by atoms with E-state index in [0.717, 1.165) is 19.3 Å². The Morgan fingerprint density at radius 3 is 2.62 bits per heavy atom. The van der Waals surface area contributed by atoms with Crippen molar-refractivity contribution in [3.05, 3.63) is 0 Å². The van der Waals surface area contributed by atoms with Gasteiger partial charge < -0.3 is 0 Å². The molecule has 1 heterocycles. The van der Waals surface area contributed by atoms with Crippen LogP contribution in [0.15, 0.2) is 0 Å². The van der Waals surface area contributed by atoms with Gasteiger partial charge in [-0.05, 0) is 25.2 Å². The van der Waals surface area contributed by atoms with Crippen LogP contribution in [0.5, 0.6) is 0 Å². The molecule has 0 spiro atoms. The van der Waals surface area contributed by atoms with E-state index in [1.807, 2.05) is 0 Å². The standard InChI is InChI=1S/C9H19NO2S/c1-8(2)7-9-5-4-6-13(11,12)10(9)3/h8-9H,4-7H2,1-3H3. The van der Waals surface area contributed by atoms with Crippen LogP contribution in [-0.2, 0) is 10.0 Å². The Morgan fingerprint density at radius 2 is 2.08 bits per heavy atom. The van der Waals surface area contributed by atoms with Crippen LogP contribution in [0.25, 0.3) is 0 Å². The fraction of sp³-hybridized carbons (Fsp3) is 1.00. The first kappa shape index (κ1) is 11.0. The van der Waals surface area contributed by atoms with E-state index in [-0.39, 0.29) is 6.04 Å². The molecule has 0 aliphatic carbocycles. The number of hydrogen-bond donors (Lipinski definition) is 0. The molecular formula is C9H19NO2S. The molecule has 1 atom stereocenters. The summed E-state index contributed by atoms with van der Waals surface area (Å²) in [5.74, 6) is 0.902. The second-order valence-electron chi connectivity index (χ2n) is 4.26. The van der Waals surface area contributed by atoms with Gasteiger partial charge in [-0.2, -0.15) is 0 Å². The molecule has 0 aromatic carbocycles. The second-order valence-corrected chi connectivity index (χ2v) is 6.41. The molecule has 1 aliphatic rings.